The number of pyridine rings is 1. The number of rotatable bonds is 8. The predicted molar refractivity (Wildman–Crippen MR) is 135 cm³/mol. The Hall–Kier alpha value is -4.25. The Bertz CT molecular complexity index is 1540. The van der Waals surface area contributed by atoms with Crippen LogP contribution in [0.5, 0.6) is 11.5 Å². The van der Waals surface area contributed by atoms with Gasteiger partial charge in [-0.2, -0.15) is 4.31 Å². The van der Waals surface area contributed by atoms with Crippen LogP contribution in [-0.2, 0) is 21.4 Å². The topological polar surface area (TPSA) is 121 Å². The monoisotopic (exact) mass is 620 g/mol. The maximum Gasteiger partial charge on any atom is 0.573 e. The number of alkyl halides is 6. The maximum atomic E-state index is 13.5. The standard InChI is InChI=1S/C25H22F6N4O6S/c26-24(27,28)40-18-4-1-16(2-5-18)13-33-23(37)21-15-34(17-3-10-22(36)32-14-17)11-12-35(21)42(38,39)20-8-6-19(7-9-20)41-25(29,30)31/h1-10,14,21H,11-13,15H2,(H,32,36)(H,33,37)/t21-/m1/s1. The number of hydrogen-bond acceptors (Lipinski definition) is 7. The number of carbonyl (C=O) groups is 1. The number of hydrogen-bond donors (Lipinski definition) is 2. The van der Waals surface area contributed by atoms with Crippen LogP contribution in [0.1, 0.15) is 5.56 Å². The molecule has 17 heteroatoms. The molecule has 2 N–H and O–H groups in total. The first-order valence-electron chi connectivity index (χ1n) is 12.0. The van der Waals surface area contributed by atoms with Gasteiger partial charge in [-0.25, -0.2) is 8.42 Å². The van der Waals surface area contributed by atoms with E-state index >= 15 is 0 Å². The number of sulfonamides is 1. The van der Waals surface area contributed by atoms with Gasteiger partial charge >= 0.3 is 12.7 Å². The van der Waals surface area contributed by atoms with E-state index < -0.39 is 46.2 Å². The van der Waals surface area contributed by atoms with Crippen molar-refractivity contribution >= 4 is 21.6 Å². The Balaban J connectivity index is 1.55. The van der Waals surface area contributed by atoms with Gasteiger partial charge in [-0.1, -0.05) is 12.1 Å². The molecule has 0 spiro atoms. The smallest absolute Gasteiger partial charge is 0.406 e. The lowest BCUT2D eigenvalue weighted by molar-refractivity contribution is -0.275. The minimum atomic E-state index is -4.98. The lowest BCUT2D eigenvalue weighted by Crippen LogP contribution is -2.60. The van der Waals surface area contributed by atoms with E-state index in [1.807, 2.05) is 0 Å². The Morgan fingerprint density at radius 3 is 1.98 bits per heavy atom. The molecule has 1 amide bonds. The molecule has 10 nitrogen and oxygen atoms in total. The Kier molecular flexibility index (Phi) is 8.72. The first-order chi connectivity index (χ1) is 19.6. The first kappa shape index (κ1) is 30.7. The molecule has 226 valence electrons. The molecule has 1 aliphatic heterocycles. The third-order valence-corrected chi connectivity index (χ3v) is 7.98. The van der Waals surface area contributed by atoms with Crippen molar-refractivity contribution < 1.29 is 49.0 Å². The van der Waals surface area contributed by atoms with Gasteiger partial charge < -0.3 is 24.7 Å². The second kappa shape index (κ2) is 11.9. The van der Waals surface area contributed by atoms with Gasteiger partial charge in [-0.3, -0.25) is 9.59 Å². The molecule has 3 aromatic rings. The van der Waals surface area contributed by atoms with Gasteiger partial charge in [0.15, 0.2) is 0 Å². The quantitative estimate of drug-likeness (QED) is 0.371. The molecule has 0 aliphatic carbocycles. The largest absolute Gasteiger partial charge is 0.573 e. The highest BCUT2D eigenvalue weighted by atomic mass is 32.2. The first-order valence-corrected chi connectivity index (χ1v) is 13.5. The zero-order chi connectivity index (χ0) is 30.7. The fourth-order valence-electron chi connectivity index (χ4n) is 4.17. The Morgan fingerprint density at radius 2 is 1.45 bits per heavy atom. The maximum absolute atomic E-state index is 13.5. The Morgan fingerprint density at radius 1 is 0.881 bits per heavy atom. The summed E-state index contributed by atoms with van der Waals surface area (Å²) in [6.07, 6.45) is -8.46. The third kappa shape index (κ3) is 7.94. The number of H-pyrrole nitrogens is 1. The van der Waals surface area contributed by atoms with E-state index in [0.29, 0.717) is 11.3 Å². The van der Waals surface area contributed by atoms with E-state index in [1.165, 1.54) is 30.5 Å². The minimum absolute atomic E-state index is 0.102. The van der Waals surface area contributed by atoms with Crippen molar-refractivity contribution in [3.8, 4) is 11.5 Å². The number of halogens is 6. The molecule has 1 fully saturated rings. The number of aromatic nitrogens is 1. The second-order valence-corrected chi connectivity index (χ2v) is 10.8. The highest BCUT2D eigenvalue weighted by Crippen LogP contribution is 2.28. The summed E-state index contributed by atoms with van der Waals surface area (Å²) in [6, 6.07) is 9.58. The number of piperazine rings is 1. The van der Waals surface area contributed by atoms with Crippen LogP contribution < -0.4 is 25.2 Å². The van der Waals surface area contributed by atoms with Crippen LogP contribution in [0.25, 0.3) is 0 Å². The van der Waals surface area contributed by atoms with E-state index in [1.54, 1.807) is 4.90 Å². The molecule has 2 heterocycles. The summed E-state index contributed by atoms with van der Waals surface area (Å²) >= 11 is 0. The molecule has 42 heavy (non-hydrogen) atoms. The van der Waals surface area contributed by atoms with Crippen molar-refractivity contribution in [3.63, 3.8) is 0 Å². The van der Waals surface area contributed by atoms with Crippen LogP contribution in [0.2, 0.25) is 0 Å². The van der Waals surface area contributed by atoms with Crippen LogP contribution in [-0.4, -0.2) is 62.0 Å². The van der Waals surface area contributed by atoms with Crippen molar-refractivity contribution in [2.24, 2.45) is 0 Å². The molecular formula is C25H22F6N4O6S. The number of ether oxygens (including phenoxy) is 2. The molecule has 1 aromatic heterocycles. The predicted octanol–water partition coefficient (Wildman–Crippen LogP) is 3.37. The van der Waals surface area contributed by atoms with Crippen molar-refractivity contribution in [2.75, 3.05) is 24.5 Å². The second-order valence-electron chi connectivity index (χ2n) is 8.92. The van der Waals surface area contributed by atoms with Gasteiger partial charge in [-0.15, -0.1) is 26.3 Å². The van der Waals surface area contributed by atoms with Crippen LogP contribution in [0, 0.1) is 0 Å². The Labute approximate surface area is 234 Å². The van der Waals surface area contributed by atoms with Crippen LogP contribution in [0.3, 0.4) is 0 Å². The number of nitrogens with one attached hydrogen (secondary N) is 2. The summed E-state index contributed by atoms with van der Waals surface area (Å²) in [5.41, 5.74) is 0.512. The van der Waals surface area contributed by atoms with E-state index in [4.69, 9.17) is 0 Å². The van der Waals surface area contributed by atoms with Crippen molar-refractivity contribution in [1.29, 1.82) is 0 Å². The lowest BCUT2D eigenvalue weighted by atomic mass is 10.1. The highest BCUT2D eigenvalue weighted by molar-refractivity contribution is 7.89. The summed E-state index contributed by atoms with van der Waals surface area (Å²) in [5, 5.41) is 2.57. The molecule has 2 aromatic carbocycles. The fourth-order valence-corrected chi connectivity index (χ4v) is 5.74. The molecular weight excluding hydrogens is 598 g/mol. The van der Waals surface area contributed by atoms with Crippen molar-refractivity contribution in [2.45, 2.75) is 30.2 Å². The van der Waals surface area contributed by atoms with E-state index in [0.717, 1.165) is 40.7 Å². The van der Waals surface area contributed by atoms with Gasteiger partial charge in [0.2, 0.25) is 21.5 Å². The SMILES string of the molecule is O=C(NCc1ccc(OC(F)(F)F)cc1)[C@H]1CN(c2ccc(=O)[nH]c2)CCN1S(=O)(=O)c1ccc(OC(F)(F)F)cc1. The van der Waals surface area contributed by atoms with Gasteiger partial charge in [0.05, 0.1) is 10.6 Å². The average Bonchev–Trinajstić information content (AvgIpc) is 2.91. The molecule has 1 saturated heterocycles. The molecule has 0 radical (unpaired) electrons. The van der Waals surface area contributed by atoms with Crippen molar-refractivity contribution in [3.05, 3.63) is 82.8 Å². The lowest BCUT2D eigenvalue weighted by Gasteiger charge is -2.40. The number of carbonyl (C=O) groups excluding carboxylic acids is 1. The summed E-state index contributed by atoms with van der Waals surface area (Å²) in [6.45, 7) is -0.433. The minimum Gasteiger partial charge on any atom is -0.406 e. The van der Waals surface area contributed by atoms with Crippen LogP contribution >= 0.6 is 0 Å². The van der Waals surface area contributed by atoms with Crippen LogP contribution in [0.4, 0.5) is 32.0 Å². The van der Waals surface area contributed by atoms with Gasteiger partial charge in [0.1, 0.15) is 17.5 Å². The van der Waals surface area contributed by atoms with E-state index in [9.17, 15) is 44.3 Å². The fraction of sp³-hybridized carbons (Fsp3) is 0.280. The molecule has 1 aliphatic rings. The third-order valence-electron chi connectivity index (χ3n) is 6.05. The number of amides is 1. The highest BCUT2D eigenvalue weighted by Gasteiger charge is 2.40. The van der Waals surface area contributed by atoms with Gasteiger partial charge in [-0.05, 0) is 48.0 Å². The summed E-state index contributed by atoms with van der Waals surface area (Å²) in [5.74, 6) is -1.85. The average molecular weight is 621 g/mol. The molecule has 4 rings (SSSR count). The molecule has 1 atom stereocenters. The van der Waals surface area contributed by atoms with Crippen LogP contribution in [0.15, 0.2) is 76.6 Å². The normalized spacial score (nSPS) is 16.6. The molecule has 0 unspecified atom stereocenters. The summed E-state index contributed by atoms with van der Waals surface area (Å²) in [7, 11) is -4.41. The number of anilines is 1. The van der Waals surface area contributed by atoms with E-state index in [2.05, 4.69) is 19.8 Å². The zero-order valence-electron chi connectivity index (χ0n) is 21.3. The zero-order valence-corrected chi connectivity index (χ0v) is 22.1. The number of aromatic amines is 1. The molecule has 0 saturated carbocycles. The van der Waals surface area contributed by atoms with Crippen molar-refractivity contribution in [1.82, 2.24) is 14.6 Å². The summed E-state index contributed by atoms with van der Waals surface area (Å²) in [4.78, 5) is 28.6. The number of benzene rings is 2. The van der Waals surface area contributed by atoms with Gasteiger partial charge in [0, 0.05) is 38.4 Å². The van der Waals surface area contributed by atoms with Gasteiger partial charge in [0.25, 0.3) is 0 Å². The number of nitrogens with zero attached hydrogens (tertiary/aromatic N) is 2. The summed E-state index contributed by atoms with van der Waals surface area (Å²) < 4.78 is 110. The molecule has 0 bridgehead atoms. The van der Waals surface area contributed by atoms with E-state index in [-0.39, 0.29) is 36.6 Å².